The van der Waals surface area contributed by atoms with Crippen LogP contribution >= 0.6 is 0 Å². The second kappa shape index (κ2) is 9.23. The van der Waals surface area contributed by atoms with E-state index >= 15 is 0 Å². The molecule has 0 fully saturated rings. The first kappa shape index (κ1) is 19.9. The van der Waals surface area contributed by atoms with Gasteiger partial charge in [0.05, 0.1) is 0 Å². The minimum atomic E-state index is -1.06. The Bertz CT molecular complexity index is 732. The highest BCUT2D eigenvalue weighted by atomic mass is 16.4. The Labute approximate surface area is 146 Å². The van der Waals surface area contributed by atoms with Crippen LogP contribution in [0.25, 0.3) is 0 Å². The number of amides is 1. The van der Waals surface area contributed by atoms with Gasteiger partial charge in [0.2, 0.25) is 0 Å². The van der Waals surface area contributed by atoms with Crippen molar-refractivity contribution in [3.05, 3.63) is 41.6 Å². The number of Topliss-reactive ketones (excluding diaryl/α,β-unsaturated/α-hetero) is 1. The van der Waals surface area contributed by atoms with Crippen molar-refractivity contribution in [2.75, 3.05) is 5.32 Å². The topological polar surface area (TPSA) is 119 Å². The van der Waals surface area contributed by atoms with Crippen molar-refractivity contribution < 1.29 is 19.5 Å². The molecule has 0 bridgehead atoms. The van der Waals surface area contributed by atoms with Gasteiger partial charge in [0.25, 0.3) is 5.91 Å². The third kappa shape index (κ3) is 6.47. The van der Waals surface area contributed by atoms with Crippen LogP contribution in [0.3, 0.4) is 0 Å². The highest BCUT2D eigenvalue weighted by Crippen LogP contribution is 2.12. The quantitative estimate of drug-likeness (QED) is 0.378. The minimum absolute atomic E-state index is 0.135. The predicted octanol–water partition coefficient (Wildman–Crippen LogP) is 2.32. The summed E-state index contributed by atoms with van der Waals surface area (Å²) in [5.74, 6) is -1.76. The van der Waals surface area contributed by atoms with Gasteiger partial charge in [0.1, 0.15) is 17.7 Å². The lowest BCUT2D eigenvalue weighted by molar-refractivity contribution is -0.139. The molecule has 7 nitrogen and oxygen atoms in total. The van der Waals surface area contributed by atoms with Crippen molar-refractivity contribution in [3.63, 3.8) is 0 Å². The van der Waals surface area contributed by atoms with Gasteiger partial charge in [0.15, 0.2) is 5.78 Å². The van der Waals surface area contributed by atoms with Crippen LogP contribution in [0.5, 0.6) is 0 Å². The summed E-state index contributed by atoms with van der Waals surface area (Å²) in [4.78, 5) is 34.7. The summed E-state index contributed by atoms with van der Waals surface area (Å²) in [5.41, 5.74) is 0.542. The number of carbonyl (C=O) groups is 3. The molecule has 0 saturated carbocycles. The normalized spacial score (nSPS) is 12.2. The summed E-state index contributed by atoms with van der Waals surface area (Å²) in [6.45, 7) is 5.16. The maximum absolute atomic E-state index is 12.2. The first-order valence-electron chi connectivity index (χ1n) is 7.76. The fourth-order valence-corrected chi connectivity index (χ4v) is 2.06. The zero-order valence-electron chi connectivity index (χ0n) is 14.4. The molecule has 0 aromatic heterocycles. The molecule has 0 spiro atoms. The number of carboxylic acid groups (broad SMARTS) is 1. The molecule has 25 heavy (non-hydrogen) atoms. The molecule has 0 aliphatic rings. The van der Waals surface area contributed by atoms with E-state index in [9.17, 15) is 14.4 Å². The molecule has 0 aliphatic heterocycles. The fraction of sp³-hybridized carbons (Fsp3) is 0.333. The van der Waals surface area contributed by atoms with Gasteiger partial charge in [-0.3, -0.25) is 9.59 Å². The Kier molecular flexibility index (Phi) is 7.35. The molecule has 0 heterocycles. The van der Waals surface area contributed by atoms with E-state index < -0.39 is 17.9 Å². The zero-order valence-corrected chi connectivity index (χ0v) is 14.4. The second-order valence-corrected chi connectivity index (χ2v) is 5.95. The molecule has 7 heteroatoms. The van der Waals surface area contributed by atoms with Gasteiger partial charge in [-0.1, -0.05) is 26.0 Å². The van der Waals surface area contributed by atoms with E-state index in [4.69, 9.17) is 10.4 Å². The molecule has 1 aromatic carbocycles. The van der Waals surface area contributed by atoms with Gasteiger partial charge >= 0.3 is 5.97 Å². The first-order chi connectivity index (χ1) is 11.7. The van der Waals surface area contributed by atoms with E-state index in [-0.39, 0.29) is 17.3 Å². The number of nitrogens with zero attached hydrogens (tertiary/aromatic N) is 1. The van der Waals surface area contributed by atoms with E-state index in [0.717, 1.165) is 6.20 Å². The van der Waals surface area contributed by atoms with E-state index in [1.165, 1.54) is 13.0 Å². The number of benzene rings is 1. The number of ketones is 1. The number of anilines is 1. The smallest absolute Gasteiger partial charge is 0.326 e. The Morgan fingerprint density at radius 1 is 1.32 bits per heavy atom. The molecule has 1 unspecified atom stereocenters. The molecular formula is C18H21N3O4. The SMILES string of the molecule is CC(=O)c1cccc(NC(=O)/C(C#N)=C\NC(CC(C)C)C(=O)O)c1. The number of carboxylic acids is 1. The summed E-state index contributed by atoms with van der Waals surface area (Å²) in [6.07, 6.45) is 1.46. The fourth-order valence-electron chi connectivity index (χ4n) is 2.06. The first-order valence-corrected chi connectivity index (χ1v) is 7.76. The Morgan fingerprint density at radius 2 is 2.00 bits per heavy atom. The largest absolute Gasteiger partial charge is 0.480 e. The third-order valence-electron chi connectivity index (χ3n) is 3.33. The number of rotatable bonds is 8. The summed E-state index contributed by atoms with van der Waals surface area (Å²) < 4.78 is 0. The van der Waals surface area contributed by atoms with Gasteiger partial charge < -0.3 is 15.7 Å². The lowest BCUT2D eigenvalue weighted by Gasteiger charge is -2.15. The molecule has 1 atom stereocenters. The number of nitrogens with one attached hydrogen (secondary N) is 2. The van der Waals surface area contributed by atoms with Gasteiger partial charge in [-0.05, 0) is 31.4 Å². The highest BCUT2D eigenvalue weighted by Gasteiger charge is 2.18. The van der Waals surface area contributed by atoms with Crippen LogP contribution < -0.4 is 10.6 Å². The predicted molar refractivity (Wildman–Crippen MR) is 92.8 cm³/mol. The minimum Gasteiger partial charge on any atom is -0.480 e. The Balaban J connectivity index is 2.86. The monoisotopic (exact) mass is 343 g/mol. The molecule has 0 aliphatic carbocycles. The van der Waals surface area contributed by atoms with Gasteiger partial charge in [-0.15, -0.1) is 0 Å². The van der Waals surface area contributed by atoms with Crippen molar-refractivity contribution in [1.29, 1.82) is 5.26 Å². The number of hydrogen-bond acceptors (Lipinski definition) is 5. The number of carbonyl (C=O) groups excluding carboxylic acids is 2. The maximum atomic E-state index is 12.2. The summed E-state index contributed by atoms with van der Waals surface area (Å²) in [7, 11) is 0. The zero-order chi connectivity index (χ0) is 19.0. The van der Waals surface area contributed by atoms with E-state index in [0.29, 0.717) is 17.7 Å². The molecule has 1 rings (SSSR count). The summed E-state index contributed by atoms with van der Waals surface area (Å²) >= 11 is 0. The lowest BCUT2D eigenvalue weighted by Crippen LogP contribution is -2.35. The van der Waals surface area contributed by atoms with Gasteiger partial charge in [0, 0.05) is 17.5 Å². The molecule has 132 valence electrons. The second-order valence-electron chi connectivity index (χ2n) is 5.95. The standard InChI is InChI=1S/C18H21N3O4/c1-11(2)7-16(18(24)25)20-10-14(9-19)17(23)21-15-6-4-5-13(8-15)12(3)22/h4-6,8,10-11,16,20H,7H2,1-3H3,(H,21,23)(H,24,25)/b14-10-. The average molecular weight is 343 g/mol. The van der Waals surface area contributed by atoms with Crippen LogP contribution in [-0.4, -0.2) is 28.8 Å². The molecule has 0 radical (unpaired) electrons. The molecular weight excluding hydrogens is 322 g/mol. The van der Waals surface area contributed by atoms with E-state index in [2.05, 4.69) is 10.6 Å². The maximum Gasteiger partial charge on any atom is 0.326 e. The molecule has 0 saturated heterocycles. The highest BCUT2D eigenvalue weighted by molar-refractivity contribution is 6.07. The molecule has 1 aromatic rings. The van der Waals surface area contributed by atoms with Crippen molar-refractivity contribution in [3.8, 4) is 6.07 Å². The van der Waals surface area contributed by atoms with Crippen LogP contribution in [0.2, 0.25) is 0 Å². The van der Waals surface area contributed by atoms with E-state index in [1.807, 2.05) is 13.8 Å². The number of hydrogen-bond donors (Lipinski definition) is 3. The van der Waals surface area contributed by atoms with Crippen LogP contribution in [0.1, 0.15) is 37.6 Å². The van der Waals surface area contributed by atoms with Gasteiger partial charge in [-0.2, -0.15) is 5.26 Å². The number of aliphatic carboxylic acids is 1. The Morgan fingerprint density at radius 3 is 2.52 bits per heavy atom. The van der Waals surface area contributed by atoms with Crippen LogP contribution in [-0.2, 0) is 9.59 Å². The van der Waals surface area contributed by atoms with Crippen molar-refractivity contribution in [1.82, 2.24) is 5.32 Å². The average Bonchev–Trinajstić information content (AvgIpc) is 2.53. The third-order valence-corrected chi connectivity index (χ3v) is 3.33. The van der Waals surface area contributed by atoms with Gasteiger partial charge in [-0.25, -0.2) is 4.79 Å². The van der Waals surface area contributed by atoms with Crippen molar-refractivity contribution >= 4 is 23.3 Å². The van der Waals surface area contributed by atoms with E-state index in [1.54, 1.807) is 24.3 Å². The lowest BCUT2D eigenvalue weighted by atomic mass is 10.0. The summed E-state index contributed by atoms with van der Waals surface area (Å²) in [6, 6.07) is 7.16. The molecule has 1 amide bonds. The number of nitriles is 1. The van der Waals surface area contributed by atoms with Crippen LogP contribution in [0.15, 0.2) is 36.0 Å². The van der Waals surface area contributed by atoms with Crippen molar-refractivity contribution in [2.24, 2.45) is 5.92 Å². The van der Waals surface area contributed by atoms with Crippen LogP contribution in [0, 0.1) is 17.2 Å². The summed E-state index contributed by atoms with van der Waals surface area (Å²) in [5, 5.41) is 23.4. The Hall–Kier alpha value is -3.14. The molecule has 3 N–H and O–H groups in total. The van der Waals surface area contributed by atoms with Crippen molar-refractivity contribution in [2.45, 2.75) is 33.2 Å². The van der Waals surface area contributed by atoms with Crippen LogP contribution in [0.4, 0.5) is 5.69 Å².